The van der Waals surface area contributed by atoms with E-state index in [1.807, 2.05) is 40.7 Å². The molecule has 0 saturated heterocycles. The summed E-state index contributed by atoms with van der Waals surface area (Å²) in [6, 6.07) is 4.02. The summed E-state index contributed by atoms with van der Waals surface area (Å²) in [5, 5.41) is -1.76. The molecule has 0 spiro atoms. The van der Waals surface area contributed by atoms with Gasteiger partial charge in [-0.2, -0.15) is 0 Å². The fraction of sp³-hybridized carbons (Fsp3) is 0.571. The quantitative estimate of drug-likeness (QED) is 0.106. The number of methoxy groups -OCH3 is 1. The van der Waals surface area contributed by atoms with E-state index < -0.39 is 48.1 Å². The third kappa shape index (κ3) is 6.39. The lowest BCUT2D eigenvalue weighted by Crippen LogP contribution is -2.28. The average Bonchev–Trinajstić information content (AvgIpc) is 2.79. The molecule has 2 unspecified atom stereocenters. The van der Waals surface area contributed by atoms with Crippen LogP contribution in [0.3, 0.4) is 0 Å². The Balaban J connectivity index is 2.95. The Bertz CT molecular complexity index is 1060. The highest BCUT2D eigenvalue weighted by Gasteiger charge is 2.38. The van der Waals surface area contributed by atoms with Crippen LogP contribution in [-0.2, 0) is 20.7 Å². The molecule has 36 heavy (non-hydrogen) atoms. The standard InChI is InChI=1S/C28H38F5O2P/c1-10-11-12-28(8,36-25-22(32)20(30)19(29)21(31)23(25)33)18-14-16(26(2,3)4)13-17(27(5,6)7)24(18)35-15-34-9/h13-14,36H,10-12,15H2,1-9H3. The molecule has 2 aromatic carbocycles. The van der Waals surface area contributed by atoms with Crippen molar-refractivity contribution in [3.63, 3.8) is 0 Å². The van der Waals surface area contributed by atoms with Crippen molar-refractivity contribution in [1.29, 1.82) is 0 Å². The van der Waals surface area contributed by atoms with E-state index in [9.17, 15) is 22.0 Å². The van der Waals surface area contributed by atoms with Gasteiger partial charge in [0.15, 0.2) is 30.1 Å². The molecule has 2 atom stereocenters. The van der Waals surface area contributed by atoms with Crippen molar-refractivity contribution >= 4 is 13.9 Å². The van der Waals surface area contributed by atoms with Crippen molar-refractivity contribution < 1.29 is 31.4 Å². The number of ether oxygens (including phenoxy) is 2. The number of hydrogen-bond acceptors (Lipinski definition) is 2. The second-order valence-electron chi connectivity index (χ2n) is 11.5. The summed E-state index contributed by atoms with van der Waals surface area (Å²) in [7, 11) is 0.759. The van der Waals surface area contributed by atoms with Gasteiger partial charge in [-0.25, -0.2) is 22.0 Å². The van der Waals surface area contributed by atoms with Gasteiger partial charge in [0.1, 0.15) is 5.75 Å². The summed E-state index contributed by atoms with van der Waals surface area (Å²) in [5.41, 5.74) is 1.91. The van der Waals surface area contributed by atoms with Crippen LogP contribution in [0.15, 0.2) is 12.1 Å². The molecule has 0 bridgehead atoms. The summed E-state index contributed by atoms with van der Waals surface area (Å²) in [4.78, 5) is 0. The minimum Gasteiger partial charge on any atom is -0.467 e. The van der Waals surface area contributed by atoms with Crippen molar-refractivity contribution in [3.8, 4) is 5.75 Å². The largest absolute Gasteiger partial charge is 0.467 e. The molecule has 202 valence electrons. The first kappa shape index (κ1) is 30.5. The molecule has 0 heterocycles. The van der Waals surface area contributed by atoms with E-state index in [2.05, 4.69) is 26.8 Å². The van der Waals surface area contributed by atoms with Gasteiger partial charge < -0.3 is 9.47 Å². The summed E-state index contributed by atoms with van der Waals surface area (Å²) < 4.78 is 83.0. The fourth-order valence-electron chi connectivity index (χ4n) is 4.09. The van der Waals surface area contributed by atoms with E-state index >= 15 is 0 Å². The molecule has 0 N–H and O–H groups in total. The third-order valence-corrected chi connectivity index (χ3v) is 8.08. The zero-order valence-electron chi connectivity index (χ0n) is 22.7. The number of halogens is 5. The van der Waals surface area contributed by atoms with Crippen molar-refractivity contribution in [2.75, 3.05) is 13.9 Å². The number of rotatable bonds is 9. The van der Waals surface area contributed by atoms with Gasteiger partial charge in [-0.05, 0) is 22.8 Å². The maximum Gasteiger partial charge on any atom is 0.200 e. The van der Waals surface area contributed by atoms with E-state index in [1.54, 1.807) is 0 Å². The first-order valence-corrected chi connectivity index (χ1v) is 13.1. The molecular formula is C28H38F5O2P. The van der Waals surface area contributed by atoms with Gasteiger partial charge in [-0.3, -0.25) is 0 Å². The van der Waals surface area contributed by atoms with E-state index in [0.717, 1.165) is 17.5 Å². The van der Waals surface area contributed by atoms with E-state index in [4.69, 9.17) is 9.47 Å². The third-order valence-electron chi connectivity index (χ3n) is 6.32. The van der Waals surface area contributed by atoms with Crippen molar-refractivity contribution in [2.45, 2.75) is 90.6 Å². The van der Waals surface area contributed by atoms with Crippen LogP contribution in [0.4, 0.5) is 22.0 Å². The van der Waals surface area contributed by atoms with Crippen LogP contribution in [0, 0.1) is 29.1 Å². The molecular weight excluding hydrogens is 494 g/mol. The number of hydrogen-bond donors (Lipinski definition) is 0. The lowest BCUT2D eigenvalue weighted by Gasteiger charge is -2.37. The SMILES string of the molecule is CCCCC(C)(Pc1c(F)c(F)c(F)c(F)c1F)c1cc(C(C)(C)C)cc(C(C)(C)C)c1OCOC. The predicted octanol–water partition coefficient (Wildman–Crippen LogP) is 8.37. The van der Waals surface area contributed by atoms with Gasteiger partial charge in [0, 0.05) is 23.4 Å². The summed E-state index contributed by atoms with van der Waals surface area (Å²) in [6.07, 6.45) is 1.94. The molecule has 0 radical (unpaired) electrons. The minimum absolute atomic E-state index is 0.0551. The first-order chi connectivity index (χ1) is 16.5. The molecule has 0 aliphatic heterocycles. The lowest BCUT2D eigenvalue weighted by atomic mass is 9.76. The predicted molar refractivity (Wildman–Crippen MR) is 137 cm³/mol. The number of benzene rings is 2. The van der Waals surface area contributed by atoms with Gasteiger partial charge in [0.2, 0.25) is 5.82 Å². The van der Waals surface area contributed by atoms with E-state index in [-0.39, 0.29) is 17.6 Å². The highest BCUT2D eigenvalue weighted by atomic mass is 31.1. The van der Waals surface area contributed by atoms with Gasteiger partial charge in [0.05, 0.1) is 5.30 Å². The van der Waals surface area contributed by atoms with Crippen molar-refractivity contribution in [1.82, 2.24) is 0 Å². The van der Waals surface area contributed by atoms with Crippen LogP contribution in [0.1, 0.15) is 91.3 Å². The fourth-order valence-corrected chi connectivity index (χ4v) is 5.70. The topological polar surface area (TPSA) is 18.5 Å². The minimum atomic E-state index is -2.15. The molecule has 0 aliphatic carbocycles. The van der Waals surface area contributed by atoms with E-state index in [0.29, 0.717) is 24.2 Å². The van der Waals surface area contributed by atoms with Gasteiger partial charge in [-0.1, -0.05) is 88.9 Å². The zero-order valence-corrected chi connectivity index (χ0v) is 23.7. The van der Waals surface area contributed by atoms with Crippen molar-refractivity contribution in [2.24, 2.45) is 0 Å². The maximum atomic E-state index is 14.8. The molecule has 2 rings (SSSR count). The molecule has 2 aromatic rings. The van der Waals surface area contributed by atoms with E-state index in [1.165, 1.54) is 7.11 Å². The summed E-state index contributed by atoms with van der Waals surface area (Å²) in [5.74, 6) is -9.05. The summed E-state index contributed by atoms with van der Waals surface area (Å²) in [6.45, 7) is 16.0. The molecule has 8 heteroatoms. The Morgan fingerprint density at radius 2 is 1.25 bits per heavy atom. The molecule has 0 aromatic heterocycles. The molecule has 0 fully saturated rings. The Morgan fingerprint density at radius 1 is 0.750 bits per heavy atom. The first-order valence-electron chi connectivity index (χ1n) is 12.1. The Labute approximate surface area is 213 Å². The molecule has 0 amide bonds. The van der Waals surface area contributed by atoms with Crippen molar-refractivity contribution in [3.05, 3.63) is 57.9 Å². The molecule has 0 aliphatic rings. The van der Waals surface area contributed by atoms with Crippen LogP contribution in [0.2, 0.25) is 0 Å². The monoisotopic (exact) mass is 532 g/mol. The summed E-state index contributed by atoms with van der Waals surface area (Å²) >= 11 is 0. The maximum absolute atomic E-state index is 14.8. The Kier molecular flexibility index (Phi) is 9.62. The smallest absolute Gasteiger partial charge is 0.200 e. The lowest BCUT2D eigenvalue weighted by molar-refractivity contribution is 0.0486. The van der Waals surface area contributed by atoms with Crippen LogP contribution in [0.25, 0.3) is 0 Å². The number of unbranched alkanes of at least 4 members (excludes halogenated alkanes) is 1. The highest BCUT2D eigenvalue weighted by Crippen LogP contribution is 2.52. The second kappa shape index (κ2) is 11.3. The van der Waals surface area contributed by atoms with Crippen LogP contribution in [-0.4, -0.2) is 13.9 Å². The van der Waals surface area contributed by atoms with Gasteiger partial charge in [-0.15, -0.1) is 0 Å². The van der Waals surface area contributed by atoms with Crippen LogP contribution < -0.4 is 10.0 Å². The average molecular weight is 533 g/mol. The normalized spacial score (nSPS) is 14.5. The van der Waals surface area contributed by atoms with Crippen LogP contribution >= 0.6 is 8.58 Å². The van der Waals surface area contributed by atoms with Gasteiger partial charge in [0.25, 0.3) is 0 Å². The highest BCUT2D eigenvalue weighted by molar-refractivity contribution is 7.48. The van der Waals surface area contributed by atoms with Gasteiger partial charge >= 0.3 is 0 Å². The molecule has 2 nitrogen and oxygen atoms in total. The molecule has 0 saturated carbocycles. The van der Waals surface area contributed by atoms with Crippen LogP contribution in [0.5, 0.6) is 5.75 Å². The zero-order chi connectivity index (χ0) is 27.6. The second-order valence-corrected chi connectivity index (χ2v) is 13.3. The Hall–Kier alpha value is -1.72. The Morgan fingerprint density at radius 3 is 1.69 bits per heavy atom.